The first-order valence-electron chi connectivity index (χ1n) is 6.10. The highest BCUT2D eigenvalue weighted by Crippen LogP contribution is 2.29. The zero-order valence-electron chi connectivity index (χ0n) is 11.4. The lowest BCUT2D eigenvalue weighted by Gasteiger charge is -2.24. The van der Waals surface area contributed by atoms with E-state index >= 15 is 0 Å². The second kappa shape index (κ2) is 5.19. The van der Waals surface area contributed by atoms with Gasteiger partial charge in [-0.25, -0.2) is 0 Å². The molecule has 0 aliphatic carbocycles. The largest absolute Gasteiger partial charge is 0.0625 e. The van der Waals surface area contributed by atoms with Gasteiger partial charge in [0.05, 0.1) is 0 Å². The molecule has 0 aromatic heterocycles. The van der Waals surface area contributed by atoms with Crippen LogP contribution in [0.25, 0.3) is 0 Å². The fourth-order valence-electron chi connectivity index (χ4n) is 2.13. The van der Waals surface area contributed by atoms with Gasteiger partial charge in [0, 0.05) is 0 Å². The van der Waals surface area contributed by atoms with Crippen molar-refractivity contribution in [2.75, 3.05) is 0 Å². The summed E-state index contributed by atoms with van der Waals surface area (Å²) in [6.45, 7) is 16.4. The minimum atomic E-state index is 0.501. The summed E-state index contributed by atoms with van der Waals surface area (Å²) in [4.78, 5) is 0. The molecule has 14 heavy (non-hydrogen) atoms. The van der Waals surface area contributed by atoms with E-state index in [1.807, 2.05) is 0 Å². The molecule has 0 saturated heterocycles. The Morgan fingerprint density at radius 2 is 1.36 bits per heavy atom. The molecule has 0 heteroatoms. The first-order valence-corrected chi connectivity index (χ1v) is 6.10. The third-order valence-corrected chi connectivity index (χ3v) is 2.58. The second-order valence-corrected chi connectivity index (χ2v) is 7.32. The molecule has 0 N–H and O–H groups in total. The Morgan fingerprint density at radius 1 is 0.857 bits per heavy atom. The van der Waals surface area contributed by atoms with Crippen molar-refractivity contribution in [2.45, 2.75) is 74.1 Å². The third-order valence-electron chi connectivity index (χ3n) is 2.58. The average Bonchev–Trinajstić information content (AvgIpc) is 1.78. The topological polar surface area (TPSA) is 0 Å². The van der Waals surface area contributed by atoms with Gasteiger partial charge >= 0.3 is 0 Å². The Balaban J connectivity index is 3.60. The van der Waals surface area contributed by atoms with Crippen molar-refractivity contribution in [1.29, 1.82) is 0 Å². The number of hydrogen-bond acceptors (Lipinski definition) is 0. The van der Waals surface area contributed by atoms with Gasteiger partial charge in [-0.3, -0.25) is 0 Å². The molecule has 0 bridgehead atoms. The molecular formula is C14H30. The van der Waals surface area contributed by atoms with Crippen molar-refractivity contribution >= 4 is 0 Å². The monoisotopic (exact) mass is 198 g/mol. The average molecular weight is 198 g/mol. The molecule has 0 rings (SSSR count). The van der Waals surface area contributed by atoms with Crippen molar-refractivity contribution < 1.29 is 0 Å². The minimum absolute atomic E-state index is 0.501. The minimum Gasteiger partial charge on any atom is -0.0625 e. The van der Waals surface area contributed by atoms with E-state index < -0.39 is 0 Å². The van der Waals surface area contributed by atoms with Crippen LogP contribution in [-0.4, -0.2) is 0 Å². The van der Waals surface area contributed by atoms with Gasteiger partial charge in [-0.05, 0) is 29.6 Å². The number of rotatable bonds is 4. The van der Waals surface area contributed by atoms with Crippen LogP contribution in [0.5, 0.6) is 0 Å². The maximum Gasteiger partial charge on any atom is -0.0380 e. The van der Waals surface area contributed by atoms with Gasteiger partial charge in [0.1, 0.15) is 0 Å². The Labute approximate surface area is 91.5 Å². The van der Waals surface area contributed by atoms with Crippen LogP contribution >= 0.6 is 0 Å². The molecule has 0 aliphatic heterocycles. The predicted molar refractivity (Wildman–Crippen MR) is 66.5 cm³/mol. The van der Waals surface area contributed by atoms with E-state index in [4.69, 9.17) is 0 Å². The van der Waals surface area contributed by atoms with Crippen molar-refractivity contribution in [3.05, 3.63) is 0 Å². The van der Waals surface area contributed by atoms with Gasteiger partial charge < -0.3 is 0 Å². The molecular weight excluding hydrogens is 168 g/mol. The van der Waals surface area contributed by atoms with Crippen LogP contribution in [0.15, 0.2) is 0 Å². The molecule has 86 valence electrons. The summed E-state index contributed by atoms with van der Waals surface area (Å²) in [6, 6.07) is 0. The molecule has 1 atom stereocenters. The normalized spacial score (nSPS) is 15.6. The molecule has 0 aromatic rings. The maximum atomic E-state index is 2.40. The van der Waals surface area contributed by atoms with Gasteiger partial charge in [0.2, 0.25) is 0 Å². The Bertz CT molecular complexity index is 142. The van der Waals surface area contributed by atoms with E-state index in [0.29, 0.717) is 10.8 Å². The quantitative estimate of drug-likeness (QED) is 0.577. The SMILES string of the molecule is C[C@H](CCCC(C)(C)C)CC(C)(C)C. The van der Waals surface area contributed by atoms with Crippen molar-refractivity contribution in [1.82, 2.24) is 0 Å². The van der Waals surface area contributed by atoms with Gasteiger partial charge in [-0.2, -0.15) is 0 Å². The highest BCUT2D eigenvalue weighted by atomic mass is 14.2. The third kappa shape index (κ3) is 10.1. The molecule has 0 aromatic carbocycles. The molecule has 0 radical (unpaired) electrons. The van der Waals surface area contributed by atoms with Gasteiger partial charge in [-0.15, -0.1) is 0 Å². The van der Waals surface area contributed by atoms with E-state index in [-0.39, 0.29) is 0 Å². The molecule has 0 saturated carbocycles. The van der Waals surface area contributed by atoms with Crippen molar-refractivity contribution in [3.63, 3.8) is 0 Å². The van der Waals surface area contributed by atoms with E-state index in [9.17, 15) is 0 Å². The summed E-state index contributed by atoms with van der Waals surface area (Å²) in [5, 5.41) is 0. The first kappa shape index (κ1) is 14.0. The molecule has 0 fully saturated rings. The van der Waals surface area contributed by atoms with E-state index in [1.165, 1.54) is 25.7 Å². The first-order chi connectivity index (χ1) is 6.10. The molecule has 0 unspecified atom stereocenters. The maximum absolute atomic E-state index is 2.40. The highest BCUT2D eigenvalue weighted by Gasteiger charge is 2.16. The highest BCUT2D eigenvalue weighted by molar-refractivity contribution is 4.68. The van der Waals surface area contributed by atoms with Crippen LogP contribution in [0.3, 0.4) is 0 Å². The summed E-state index contributed by atoms with van der Waals surface area (Å²) >= 11 is 0. The summed E-state index contributed by atoms with van der Waals surface area (Å²) in [7, 11) is 0. The molecule has 0 amide bonds. The van der Waals surface area contributed by atoms with E-state index in [1.54, 1.807) is 0 Å². The van der Waals surface area contributed by atoms with Crippen molar-refractivity contribution in [3.8, 4) is 0 Å². The molecule has 0 nitrogen and oxygen atoms in total. The summed E-state index contributed by atoms with van der Waals surface area (Å²) in [5.41, 5.74) is 1.02. The Morgan fingerprint density at radius 3 is 1.71 bits per heavy atom. The standard InChI is InChI=1S/C14H30/c1-12(11-14(5,6)7)9-8-10-13(2,3)4/h12H,8-11H2,1-7H3/t12-/m1/s1. The molecule has 0 aliphatic rings. The molecule has 0 spiro atoms. The van der Waals surface area contributed by atoms with E-state index in [0.717, 1.165) is 5.92 Å². The summed E-state index contributed by atoms with van der Waals surface area (Å²) in [5.74, 6) is 0.886. The van der Waals surface area contributed by atoms with Gasteiger partial charge in [0.25, 0.3) is 0 Å². The van der Waals surface area contributed by atoms with Crippen LogP contribution in [-0.2, 0) is 0 Å². The fraction of sp³-hybridized carbons (Fsp3) is 1.00. The second-order valence-electron chi connectivity index (χ2n) is 7.32. The van der Waals surface area contributed by atoms with Gasteiger partial charge in [0.15, 0.2) is 0 Å². The lowest BCUT2D eigenvalue weighted by Crippen LogP contribution is -2.12. The van der Waals surface area contributed by atoms with Gasteiger partial charge in [-0.1, -0.05) is 61.3 Å². The van der Waals surface area contributed by atoms with Crippen LogP contribution in [0.2, 0.25) is 0 Å². The lowest BCUT2D eigenvalue weighted by atomic mass is 9.82. The molecule has 0 heterocycles. The van der Waals surface area contributed by atoms with Crippen LogP contribution in [0.4, 0.5) is 0 Å². The van der Waals surface area contributed by atoms with E-state index in [2.05, 4.69) is 48.5 Å². The fourth-order valence-corrected chi connectivity index (χ4v) is 2.13. The Hall–Kier alpha value is 0. The van der Waals surface area contributed by atoms with Crippen molar-refractivity contribution in [2.24, 2.45) is 16.7 Å². The summed E-state index contributed by atoms with van der Waals surface area (Å²) < 4.78 is 0. The lowest BCUT2D eigenvalue weighted by molar-refractivity contribution is 0.276. The van der Waals surface area contributed by atoms with Crippen LogP contribution in [0.1, 0.15) is 74.1 Å². The predicted octanol–water partition coefficient (Wildman–Crippen LogP) is 5.28. The Kier molecular flexibility index (Phi) is 5.19. The van der Waals surface area contributed by atoms with Crippen LogP contribution in [0, 0.1) is 16.7 Å². The zero-order valence-corrected chi connectivity index (χ0v) is 11.4. The zero-order chi connectivity index (χ0) is 11.4. The number of hydrogen-bond donors (Lipinski definition) is 0. The van der Waals surface area contributed by atoms with Crippen LogP contribution < -0.4 is 0 Å². The summed E-state index contributed by atoms with van der Waals surface area (Å²) in [6.07, 6.45) is 5.51. The smallest absolute Gasteiger partial charge is 0.0380 e.